The highest BCUT2D eigenvalue weighted by atomic mass is 35.5. The Hall–Kier alpha value is -2.35. The van der Waals surface area contributed by atoms with Gasteiger partial charge in [0.2, 0.25) is 0 Å². The predicted molar refractivity (Wildman–Crippen MR) is 111 cm³/mol. The molecule has 1 fully saturated rings. The molecular weight excluding hydrogens is 399 g/mol. The monoisotopic (exact) mass is 416 g/mol. The number of nitrogens with one attached hydrogen (secondary N) is 1. The first-order valence-electron chi connectivity index (χ1n) is 8.75. The molecule has 0 atom stereocenters. The highest BCUT2D eigenvalue weighted by Gasteiger charge is 2.25. The molecule has 0 aliphatic carbocycles. The van der Waals surface area contributed by atoms with E-state index in [-0.39, 0.29) is 11.9 Å². The average molecular weight is 417 g/mol. The minimum Gasteiger partial charge on any atom is -0.389 e. The maximum atomic E-state index is 13.9. The standard InChI is InChI=1S/C20H18ClFN4OS/c1-12-15(3-2-4-17(12)22)20-16(21)5-6-18(24-20)25-28-14-7-8-23-19(9-14)26-10-13(27)11-26/h2-9,13,27H,10-11H2,1H3,(H,24,25). The molecule has 1 aromatic carbocycles. The summed E-state index contributed by atoms with van der Waals surface area (Å²) >= 11 is 7.71. The molecule has 3 heterocycles. The number of rotatable bonds is 5. The molecule has 8 heteroatoms. The molecular formula is C20H18ClFN4OS. The van der Waals surface area contributed by atoms with Crippen LogP contribution in [0, 0.1) is 12.7 Å². The van der Waals surface area contributed by atoms with Gasteiger partial charge in [-0.25, -0.2) is 14.4 Å². The maximum absolute atomic E-state index is 13.9. The van der Waals surface area contributed by atoms with Gasteiger partial charge in [0.05, 0.1) is 16.8 Å². The third-order valence-electron chi connectivity index (χ3n) is 4.55. The van der Waals surface area contributed by atoms with Crippen LogP contribution in [0.4, 0.5) is 16.0 Å². The highest BCUT2D eigenvalue weighted by molar-refractivity contribution is 8.00. The van der Waals surface area contributed by atoms with E-state index in [1.165, 1.54) is 18.0 Å². The Kier molecular flexibility index (Phi) is 5.39. The Balaban J connectivity index is 1.52. The van der Waals surface area contributed by atoms with Crippen molar-refractivity contribution in [2.24, 2.45) is 0 Å². The predicted octanol–water partition coefficient (Wildman–Crippen LogP) is 4.54. The van der Waals surface area contributed by atoms with E-state index in [2.05, 4.69) is 14.7 Å². The maximum Gasteiger partial charge on any atom is 0.136 e. The van der Waals surface area contributed by atoms with E-state index in [9.17, 15) is 9.50 Å². The summed E-state index contributed by atoms with van der Waals surface area (Å²) in [4.78, 5) is 11.9. The Bertz CT molecular complexity index is 1010. The number of aliphatic hydroxyl groups is 1. The minimum absolute atomic E-state index is 0.279. The highest BCUT2D eigenvalue weighted by Crippen LogP contribution is 2.32. The van der Waals surface area contributed by atoms with Crippen molar-refractivity contribution in [3.63, 3.8) is 0 Å². The van der Waals surface area contributed by atoms with Gasteiger partial charge in [0, 0.05) is 29.7 Å². The molecule has 1 aliphatic heterocycles. The summed E-state index contributed by atoms with van der Waals surface area (Å²) in [6.07, 6.45) is 1.46. The van der Waals surface area contributed by atoms with E-state index < -0.39 is 0 Å². The van der Waals surface area contributed by atoms with Crippen molar-refractivity contribution in [2.45, 2.75) is 17.9 Å². The summed E-state index contributed by atoms with van der Waals surface area (Å²) in [7, 11) is 0. The van der Waals surface area contributed by atoms with Crippen LogP contribution < -0.4 is 9.62 Å². The fraction of sp³-hybridized carbons (Fsp3) is 0.200. The van der Waals surface area contributed by atoms with E-state index in [0.29, 0.717) is 40.8 Å². The molecule has 0 saturated carbocycles. The Morgan fingerprint density at radius 3 is 2.86 bits per heavy atom. The van der Waals surface area contributed by atoms with Crippen molar-refractivity contribution in [3.05, 3.63) is 65.1 Å². The van der Waals surface area contributed by atoms with Gasteiger partial charge in [-0.2, -0.15) is 0 Å². The molecule has 5 nitrogen and oxygen atoms in total. The summed E-state index contributed by atoms with van der Waals surface area (Å²) < 4.78 is 17.1. The number of nitrogens with zero attached hydrogens (tertiary/aromatic N) is 3. The number of β-amino-alcohol motifs (C(OH)–C–C–N with tert-alkyl or cyclic N) is 1. The smallest absolute Gasteiger partial charge is 0.136 e. The second-order valence-corrected chi connectivity index (χ2v) is 7.84. The third-order valence-corrected chi connectivity index (χ3v) is 5.65. The van der Waals surface area contributed by atoms with Crippen LogP contribution in [0.25, 0.3) is 11.3 Å². The van der Waals surface area contributed by atoms with Crippen LogP contribution >= 0.6 is 23.5 Å². The fourth-order valence-corrected chi connectivity index (χ4v) is 3.78. The molecule has 2 N–H and O–H groups in total. The zero-order chi connectivity index (χ0) is 19.7. The normalized spacial score (nSPS) is 14.1. The molecule has 0 bridgehead atoms. The van der Waals surface area contributed by atoms with Gasteiger partial charge in [-0.15, -0.1) is 0 Å². The number of benzene rings is 1. The molecule has 2 aromatic heterocycles. The lowest BCUT2D eigenvalue weighted by molar-refractivity contribution is 0.141. The van der Waals surface area contributed by atoms with Gasteiger partial charge in [0.1, 0.15) is 17.5 Å². The van der Waals surface area contributed by atoms with Crippen molar-refractivity contribution in [3.8, 4) is 11.3 Å². The molecule has 28 heavy (non-hydrogen) atoms. The first-order valence-corrected chi connectivity index (χ1v) is 9.94. The van der Waals surface area contributed by atoms with E-state index >= 15 is 0 Å². The molecule has 0 unspecified atom stereocenters. The molecule has 0 amide bonds. The lowest BCUT2D eigenvalue weighted by Crippen LogP contribution is -2.51. The first-order chi connectivity index (χ1) is 13.5. The van der Waals surface area contributed by atoms with Gasteiger partial charge in [-0.05, 0) is 54.8 Å². The van der Waals surface area contributed by atoms with Crippen molar-refractivity contribution in [1.82, 2.24) is 9.97 Å². The molecule has 1 aliphatic rings. The molecule has 4 rings (SSSR count). The van der Waals surface area contributed by atoms with Crippen molar-refractivity contribution in [1.29, 1.82) is 0 Å². The van der Waals surface area contributed by atoms with Crippen LogP contribution in [0.3, 0.4) is 0 Å². The summed E-state index contributed by atoms with van der Waals surface area (Å²) in [6.45, 7) is 2.91. The molecule has 1 saturated heterocycles. The molecule has 144 valence electrons. The topological polar surface area (TPSA) is 61.3 Å². The Morgan fingerprint density at radius 2 is 2.07 bits per heavy atom. The van der Waals surface area contributed by atoms with E-state index in [1.54, 1.807) is 37.4 Å². The molecule has 0 radical (unpaired) electrons. The second kappa shape index (κ2) is 7.95. The zero-order valence-electron chi connectivity index (χ0n) is 15.1. The lowest BCUT2D eigenvalue weighted by Gasteiger charge is -2.36. The first kappa shape index (κ1) is 19.0. The second-order valence-electron chi connectivity index (χ2n) is 6.55. The van der Waals surface area contributed by atoms with Crippen LogP contribution in [0.5, 0.6) is 0 Å². The number of aromatic nitrogens is 2. The summed E-state index contributed by atoms with van der Waals surface area (Å²) in [5.74, 6) is 1.16. The third kappa shape index (κ3) is 3.92. The summed E-state index contributed by atoms with van der Waals surface area (Å²) in [6, 6.07) is 12.2. The van der Waals surface area contributed by atoms with Crippen molar-refractivity contribution < 1.29 is 9.50 Å². The quantitative estimate of drug-likeness (QED) is 0.595. The van der Waals surface area contributed by atoms with Crippen LogP contribution in [0.2, 0.25) is 5.02 Å². The van der Waals surface area contributed by atoms with Crippen LogP contribution in [-0.4, -0.2) is 34.3 Å². The van der Waals surface area contributed by atoms with Crippen LogP contribution in [0.15, 0.2) is 53.6 Å². The summed E-state index contributed by atoms with van der Waals surface area (Å²) in [5, 5.41) is 9.92. The van der Waals surface area contributed by atoms with E-state index in [4.69, 9.17) is 11.6 Å². The lowest BCUT2D eigenvalue weighted by atomic mass is 10.0. The Labute approximate surface area is 171 Å². The van der Waals surface area contributed by atoms with Crippen molar-refractivity contribution in [2.75, 3.05) is 22.7 Å². The minimum atomic E-state index is -0.288. The van der Waals surface area contributed by atoms with Gasteiger partial charge in [-0.3, -0.25) is 0 Å². The average Bonchev–Trinajstić information content (AvgIpc) is 2.67. The largest absolute Gasteiger partial charge is 0.389 e. The van der Waals surface area contributed by atoms with Crippen LogP contribution in [-0.2, 0) is 0 Å². The number of hydrogen-bond donors (Lipinski definition) is 2. The van der Waals surface area contributed by atoms with Gasteiger partial charge < -0.3 is 14.7 Å². The zero-order valence-corrected chi connectivity index (χ0v) is 16.6. The SMILES string of the molecule is Cc1c(F)cccc1-c1nc(NSc2ccnc(N3CC(O)C3)c2)ccc1Cl. The number of pyridine rings is 2. The number of aliphatic hydroxyl groups excluding tert-OH is 1. The van der Waals surface area contributed by atoms with E-state index in [0.717, 1.165) is 10.7 Å². The van der Waals surface area contributed by atoms with E-state index in [1.807, 2.05) is 17.0 Å². The number of anilines is 2. The fourth-order valence-electron chi connectivity index (χ4n) is 2.94. The molecule has 3 aromatic rings. The molecule has 0 spiro atoms. The van der Waals surface area contributed by atoms with Gasteiger partial charge in [0.25, 0.3) is 0 Å². The number of halogens is 2. The Morgan fingerprint density at radius 1 is 1.25 bits per heavy atom. The number of hydrogen-bond acceptors (Lipinski definition) is 6. The summed E-state index contributed by atoms with van der Waals surface area (Å²) in [5.41, 5.74) is 1.72. The van der Waals surface area contributed by atoms with Gasteiger partial charge in [0.15, 0.2) is 0 Å². The van der Waals surface area contributed by atoms with Gasteiger partial charge in [-0.1, -0.05) is 23.7 Å². The van der Waals surface area contributed by atoms with Gasteiger partial charge >= 0.3 is 0 Å². The van der Waals surface area contributed by atoms with Crippen LogP contribution in [0.1, 0.15) is 5.56 Å². The van der Waals surface area contributed by atoms with Crippen molar-refractivity contribution >= 4 is 35.2 Å².